The molecule has 1 aliphatic rings. The third-order valence-electron chi connectivity index (χ3n) is 6.75. The van der Waals surface area contributed by atoms with Gasteiger partial charge in [0.1, 0.15) is 5.75 Å². The van der Waals surface area contributed by atoms with Gasteiger partial charge in [-0.05, 0) is 86.5 Å². The number of pyridine rings is 1. The van der Waals surface area contributed by atoms with Crippen LogP contribution in [0.3, 0.4) is 0 Å². The molecule has 0 radical (unpaired) electrons. The topological polar surface area (TPSA) is 91.6 Å². The van der Waals surface area contributed by atoms with E-state index in [4.69, 9.17) is 4.74 Å². The van der Waals surface area contributed by atoms with Gasteiger partial charge in [0.05, 0.1) is 18.7 Å². The molecule has 0 saturated carbocycles. The average Bonchev–Trinajstić information content (AvgIpc) is 2.89. The fourth-order valence-corrected chi connectivity index (χ4v) is 5.58. The van der Waals surface area contributed by atoms with E-state index in [0.717, 1.165) is 72.0 Å². The Hall–Kier alpha value is -2.26. The summed E-state index contributed by atoms with van der Waals surface area (Å²) in [5, 5.41) is 22.8. The SMILES string of the molecule is COc1ccc2nccc(C(O)CC[C@@H]3CCN(CCCSc4ncccn4)C[C@@H]3CO)c2c1. The van der Waals surface area contributed by atoms with Crippen LogP contribution in [0, 0.1) is 11.8 Å². The summed E-state index contributed by atoms with van der Waals surface area (Å²) in [5.41, 5.74) is 1.75. The summed E-state index contributed by atoms with van der Waals surface area (Å²) < 4.78 is 5.36. The Morgan fingerprint density at radius 2 is 2.00 bits per heavy atom. The summed E-state index contributed by atoms with van der Waals surface area (Å²) in [7, 11) is 1.64. The zero-order chi connectivity index (χ0) is 23.8. The molecule has 3 heterocycles. The maximum Gasteiger partial charge on any atom is 0.187 e. The van der Waals surface area contributed by atoms with Crippen LogP contribution in [0.1, 0.15) is 37.4 Å². The molecule has 1 aliphatic heterocycles. The molecule has 2 N–H and O–H groups in total. The number of rotatable bonds is 11. The fraction of sp³-hybridized carbons (Fsp3) is 0.500. The summed E-state index contributed by atoms with van der Waals surface area (Å²) in [6.45, 7) is 3.17. The molecule has 0 amide bonds. The molecule has 4 rings (SSSR count). The van der Waals surface area contributed by atoms with Gasteiger partial charge in [0.25, 0.3) is 0 Å². The van der Waals surface area contributed by atoms with Crippen LogP contribution in [0.2, 0.25) is 0 Å². The van der Waals surface area contributed by atoms with E-state index in [1.165, 1.54) is 0 Å². The van der Waals surface area contributed by atoms with Gasteiger partial charge in [-0.15, -0.1) is 0 Å². The van der Waals surface area contributed by atoms with Crippen LogP contribution in [0.15, 0.2) is 54.1 Å². The maximum absolute atomic E-state index is 11.0. The highest BCUT2D eigenvalue weighted by Crippen LogP contribution is 2.33. The Kier molecular flexibility index (Phi) is 9.10. The van der Waals surface area contributed by atoms with Gasteiger partial charge in [0.15, 0.2) is 5.16 Å². The average molecular weight is 483 g/mol. The molecule has 182 valence electrons. The summed E-state index contributed by atoms with van der Waals surface area (Å²) in [4.78, 5) is 15.4. The van der Waals surface area contributed by atoms with E-state index >= 15 is 0 Å². The predicted octanol–water partition coefficient (Wildman–Crippen LogP) is 3.96. The molecule has 34 heavy (non-hydrogen) atoms. The van der Waals surface area contributed by atoms with E-state index in [2.05, 4.69) is 19.9 Å². The highest BCUT2D eigenvalue weighted by molar-refractivity contribution is 7.99. The molecule has 1 fully saturated rings. The van der Waals surface area contributed by atoms with E-state index in [1.54, 1.807) is 37.5 Å². The molecule has 3 atom stereocenters. The smallest absolute Gasteiger partial charge is 0.187 e. The second-order valence-electron chi connectivity index (χ2n) is 8.90. The number of hydrogen-bond donors (Lipinski definition) is 2. The monoisotopic (exact) mass is 482 g/mol. The minimum absolute atomic E-state index is 0.194. The predicted molar refractivity (Wildman–Crippen MR) is 135 cm³/mol. The molecule has 8 heteroatoms. The van der Waals surface area contributed by atoms with Gasteiger partial charge in [-0.25, -0.2) is 9.97 Å². The standard InChI is InChI=1S/C26H34N4O3S/c1-33-21-5-6-24-23(16-21)22(8-12-27-24)25(32)7-4-19-9-14-30(17-20(19)18-31)13-3-15-34-26-28-10-2-11-29-26/h2,5-6,8,10-12,16,19-20,25,31-32H,3-4,7,9,13-15,17-18H2,1H3/t19-,20-,25?/m1/s1. The number of nitrogens with zero attached hydrogens (tertiary/aromatic N) is 4. The Morgan fingerprint density at radius 3 is 2.79 bits per heavy atom. The Balaban J connectivity index is 1.26. The highest BCUT2D eigenvalue weighted by Gasteiger charge is 2.29. The van der Waals surface area contributed by atoms with Gasteiger partial charge in [-0.2, -0.15) is 0 Å². The van der Waals surface area contributed by atoms with Crippen LogP contribution >= 0.6 is 11.8 Å². The van der Waals surface area contributed by atoms with E-state index in [-0.39, 0.29) is 12.5 Å². The maximum atomic E-state index is 11.0. The van der Waals surface area contributed by atoms with Crippen LogP contribution in [0.5, 0.6) is 5.75 Å². The normalized spacial score (nSPS) is 19.9. The molecule has 1 saturated heterocycles. The molecule has 1 unspecified atom stereocenters. The number of aliphatic hydroxyl groups is 2. The number of hydrogen-bond acceptors (Lipinski definition) is 8. The van der Waals surface area contributed by atoms with Crippen molar-refractivity contribution in [3.63, 3.8) is 0 Å². The lowest BCUT2D eigenvalue weighted by Crippen LogP contribution is -2.42. The lowest BCUT2D eigenvalue weighted by molar-refractivity contribution is 0.0581. The van der Waals surface area contributed by atoms with Crippen molar-refractivity contribution in [3.8, 4) is 5.75 Å². The summed E-state index contributed by atoms with van der Waals surface area (Å²) in [6, 6.07) is 9.49. The van der Waals surface area contributed by atoms with Crippen LogP contribution in [0.25, 0.3) is 10.9 Å². The first-order valence-corrected chi connectivity index (χ1v) is 13.0. The van der Waals surface area contributed by atoms with Crippen LogP contribution in [0.4, 0.5) is 0 Å². The zero-order valence-corrected chi connectivity index (χ0v) is 20.5. The fourth-order valence-electron chi connectivity index (χ4n) is 4.85. The lowest BCUT2D eigenvalue weighted by atomic mass is 9.81. The minimum atomic E-state index is -0.563. The third kappa shape index (κ3) is 6.44. The number of aromatic nitrogens is 3. The van der Waals surface area contributed by atoms with Crippen molar-refractivity contribution in [3.05, 3.63) is 54.5 Å². The van der Waals surface area contributed by atoms with Crippen LogP contribution in [-0.4, -0.2) is 69.2 Å². The molecular weight excluding hydrogens is 448 g/mol. The molecule has 0 spiro atoms. The Labute approximate surface area is 205 Å². The number of methoxy groups -OCH3 is 1. The minimum Gasteiger partial charge on any atom is -0.497 e. The second kappa shape index (κ2) is 12.4. The number of aliphatic hydroxyl groups excluding tert-OH is 2. The van der Waals surface area contributed by atoms with E-state index in [9.17, 15) is 10.2 Å². The van der Waals surface area contributed by atoms with E-state index in [1.807, 2.05) is 30.3 Å². The number of ether oxygens (including phenoxy) is 1. The van der Waals surface area contributed by atoms with Crippen molar-refractivity contribution in [1.82, 2.24) is 19.9 Å². The van der Waals surface area contributed by atoms with Gasteiger partial charge in [0.2, 0.25) is 0 Å². The number of thioether (sulfide) groups is 1. The molecule has 7 nitrogen and oxygen atoms in total. The second-order valence-corrected chi connectivity index (χ2v) is 9.96. The summed E-state index contributed by atoms with van der Waals surface area (Å²) >= 11 is 1.69. The van der Waals surface area contributed by atoms with Crippen molar-refractivity contribution in [2.45, 2.75) is 36.9 Å². The van der Waals surface area contributed by atoms with Crippen molar-refractivity contribution in [2.75, 3.05) is 39.1 Å². The zero-order valence-electron chi connectivity index (χ0n) is 19.7. The van der Waals surface area contributed by atoms with Gasteiger partial charge in [-0.3, -0.25) is 4.98 Å². The largest absolute Gasteiger partial charge is 0.497 e. The van der Waals surface area contributed by atoms with Crippen LogP contribution < -0.4 is 4.74 Å². The van der Waals surface area contributed by atoms with Gasteiger partial charge >= 0.3 is 0 Å². The molecule has 1 aromatic carbocycles. The number of fused-ring (bicyclic) bond motifs is 1. The number of benzene rings is 1. The molecule has 0 aliphatic carbocycles. The first-order chi connectivity index (χ1) is 16.7. The van der Waals surface area contributed by atoms with E-state index < -0.39 is 6.10 Å². The van der Waals surface area contributed by atoms with Crippen LogP contribution in [-0.2, 0) is 0 Å². The summed E-state index contributed by atoms with van der Waals surface area (Å²) in [6.07, 6.45) is 8.44. The lowest BCUT2D eigenvalue weighted by Gasteiger charge is -2.38. The molecule has 2 aromatic heterocycles. The number of piperidine rings is 1. The summed E-state index contributed by atoms with van der Waals surface area (Å²) in [5.74, 6) is 2.42. The van der Waals surface area contributed by atoms with Gasteiger partial charge in [-0.1, -0.05) is 11.8 Å². The van der Waals surface area contributed by atoms with Gasteiger partial charge in [0, 0.05) is 42.9 Å². The molecular formula is C26H34N4O3S. The Bertz CT molecular complexity index is 1040. The highest BCUT2D eigenvalue weighted by atomic mass is 32.2. The van der Waals surface area contributed by atoms with Crippen molar-refractivity contribution in [1.29, 1.82) is 0 Å². The Morgan fingerprint density at radius 1 is 1.15 bits per heavy atom. The quantitative estimate of drug-likeness (QED) is 0.241. The van der Waals surface area contributed by atoms with E-state index in [0.29, 0.717) is 12.3 Å². The number of likely N-dealkylation sites (tertiary alicyclic amines) is 1. The first kappa shape index (κ1) is 24.9. The van der Waals surface area contributed by atoms with Crippen molar-refractivity contribution >= 4 is 22.7 Å². The van der Waals surface area contributed by atoms with Gasteiger partial charge < -0.3 is 19.8 Å². The van der Waals surface area contributed by atoms with Crippen molar-refractivity contribution < 1.29 is 14.9 Å². The third-order valence-corrected chi connectivity index (χ3v) is 7.72. The molecule has 3 aromatic rings. The molecule has 0 bridgehead atoms. The first-order valence-electron chi connectivity index (χ1n) is 12.0. The van der Waals surface area contributed by atoms with Crippen molar-refractivity contribution in [2.24, 2.45) is 11.8 Å².